The van der Waals surface area contributed by atoms with Gasteiger partial charge >= 0.3 is 0 Å². The van der Waals surface area contributed by atoms with E-state index in [9.17, 15) is 8.42 Å². The van der Waals surface area contributed by atoms with E-state index < -0.39 is 10.0 Å². The van der Waals surface area contributed by atoms with Gasteiger partial charge in [0.15, 0.2) is 0 Å². The molecule has 86 valence electrons. The molecule has 0 unspecified atom stereocenters. The van der Waals surface area contributed by atoms with Crippen molar-refractivity contribution in [3.8, 4) is 0 Å². The van der Waals surface area contributed by atoms with Gasteiger partial charge in [0.1, 0.15) is 0 Å². The summed E-state index contributed by atoms with van der Waals surface area (Å²) < 4.78 is 24.6. The molecule has 0 fully saturated rings. The van der Waals surface area contributed by atoms with E-state index in [1.54, 1.807) is 11.8 Å². The number of hydrogen-bond acceptors (Lipinski definition) is 4. The molecule has 4 nitrogen and oxygen atoms in total. The van der Waals surface area contributed by atoms with Gasteiger partial charge in [-0.05, 0) is 12.2 Å². The third-order valence-electron chi connectivity index (χ3n) is 1.36. The number of hydrogen-bond donors (Lipinski definition) is 2. The first-order valence-corrected chi connectivity index (χ1v) is 7.68. The Hall–Kier alpha value is 0.510. The highest BCUT2D eigenvalue weighted by atomic mass is 35.5. The summed E-state index contributed by atoms with van der Waals surface area (Å²) >= 11 is 6.93. The predicted octanol–water partition coefficient (Wildman–Crippen LogP) is 0.260. The van der Waals surface area contributed by atoms with Crippen molar-refractivity contribution < 1.29 is 13.5 Å². The second kappa shape index (κ2) is 8.79. The van der Waals surface area contributed by atoms with Crippen LogP contribution in [0.3, 0.4) is 0 Å². The van der Waals surface area contributed by atoms with E-state index in [0.29, 0.717) is 6.54 Å². The molecule has 0 aliphatic carbocycles. The van der Waals surface area contributed by atoms with Crippen molar-refractivity contribution >= 4 is 33.4 Å². The largest absolute Gasteiger partial charge is 0.396 e. The van der Waals surface area contributed by atoms with E-state index in [2.05, 4.69) is 4.72 Å². The maximum Gasteiger partial charge on any atom is 0.212 e. The van der Waals surface area contributed by atoms with Crippen LogP contribution in [-0.4, -0.2) is 49.8 Å². The summed E-state index contributed by atoms with van der Waals surface area (Å²) in [7, 11) is -3.17. The number of thioether (sulfide) groups is 1. The Morgan fingerprint density at radius 2 is 2.07 bits per heavy atom. The van der Waals surface area contributed by atoms with E-state index in [1.165, 1.54) is 0 Å². The van der Waals surface area contributed by atoms with Crippen LogP contribution >= 0.6 is 23.4 Å². The first-order valence-electron chi connectivity index (χ1n) is 4.34. The van der Waals surface area contributed by atoms with E-state index in [0.717, 1.165) is 17.9 Å². The molecule has 0 aromatic carbocycles. The number of nitrogens with one attached hydrogen (secondary N) is 1. The maximum atomic E-state index is 11.1. The fraction of sp³-hybridized carbons (Fsp3) is 1.00. The average molecular weight is 262 g/mol. The number of aliphatic hydroxyl groups is 1. The van der Waals surface area contributed by atoms with Crippen molar-refractivity contribution in [2.24, 2.45) is 0 Å². The molecule has 7 heteroatoms. The highest BCUT2D eigenvalue weighted by Gasteiger charge is 2.07. The molecule has 0 heterocycles. The van der Waals surface area contributed by atoms with Crippen molar-refractivity contribution in [3.63, 3.8) is 0 Å². The molecule has 0 spiro atoms. The predicted molar refractivity (Wildman–Crippen MR) is 61.5 cm³/mol. The third-order valence-corrected chi connectivity index (χ3v) is 4.23. The van der Waals surface area contributed by atoms with E-state index in [1.807, 2.05) is 0 Å². The minimum Gasteiger partial charge on any atom is -0.396 e. The summed E-state index contributed by atoms with van der Waals surface area (Å²) in [4.78, 5) is 0. The highest BCUT2D eigenvalue weighted by molar-refractivity contribution is 7.99. The van der Waals surface area contributed by atoms with Gasteiger partial charge in [0.2, 0.25) is 10.0 Å². The Kier molecular flexibility index (Phi) is 9.11. The molecule has 0 amide bonds. The second-order valence-corrected chi connectivity index (χ2v) is 6.12. The molecule has 0 bridgehead atoms. The number of aliphatic hydroxyl groups excluding tert-OH is 1. The summed E-state index contributed by atoms with van der Waals surface area (Å²) in [5.41, 5.74) is 0. The SMILES string of the molecule is O=S(=O)(CCCl)NCCSCCCO. The molecule has 0 saturated carbocycles. The lowest BCUT2D eigenvalue weighted by Crippen LogP contribution is -2.29. The molecule has 0 saturated heterocycles. The molecule has 2 N–H and O–H groups in total. The Morgan fingerprint density at radius 3 is 2.64 bits per heavy atom. The number of halogens is 1. The summed E-state index contributed by atoms with van der Waals surface area (Å²) in [6, 6.07) is 0. The van der Waals surface area contributed by atoms with Gasteiger partial charge < -0.3 is 5.11 Å². The molecule has 0 aromatic rings. The van der Waals surface area contributed by atoms with E-state index in [4.69, 9.17) is 16.7 Å². The van der Waals surface area contributed by atoms with Crippen molar-refractivity contribution in [2.75, 3.05) is 36.3 Å². The van der Waals surface area contributed by atoms with Crippen molar-refractivity contribution in [3.05, 3.63) is 0 Å². The summed E-state index contributed by atoms with van der Waals surface area (Å²) in [6.07, 6.45) is 0.749. The normalized spacial score (nSPS) is 11.9. The summed E-state index contributed by atoms with van der Waals surface area (Å²) in [5, 5.41) is 8.48. The zero-order valence-electron chi connectivity index (χ0n) is 7.91. The van der Waals surface area contributed by atoms with Crippen LogP contribution in [0.15, 0.2) is 0 Å². The monoisotopic (exact) mass is 261 g/mol. The van der Waals surface area contributed by atoms with Gasteiger partial charge in [-0.2, -0.15) is 11.8 Å². The zero-order valence-corrected chi connectivity index (χ0v) is 10.3. The first-order chi connectivity index (χ1) is 6.62. The van der Waals surface area contributed by atoms with Crippen LogP contribution in [0.2, 0.25) is 0 Å². The number of alkyl halides is 1. The van der Waals surface area contributed by atoms with E-state index >= 15 is 0 Å². The van der Waals surface area contributed by atoms with Gasteiger partial charge in [-0.15, -0.1) is 11.6 Å². The molecule has 14 heavy (non-hydrogen) atoms. The lowest BCUT2D eigenvalue weighted by molar-refractivity contribution is 0.296. The van der Waals surface area contributed by atoms with Crippen LogP contribution in [0.25, 0.3) is 0 Å². The van der Waals surface area contributed by atoms with Gasteiger partial charge in [-0.1, -0.05) is 0 Å². The van der Waals surface area contributed by atoms with Crippen LogP contribution in [0.1, 0.15) is 6.42 Å². The van der Waals surface area contributed by atoms with Crippen molar-refractivity contribution in [1.29, 1.82) is 0 Å². The standard InChI is InChI=1S/C7H16ClNO3S2/c8-2-7-14(11,12)9-3-6-13-5-1-4-10/h9-10H,1-7H2. The molecule has 0 aromatic heterocycles. The zero-order chi connectivity index (χ0) is 10.9. The summed E-state index contributed by atoms with van der Waals surface area (Å²) in [6.45, 7) is 0.611. The lowest BCUT2D eigenvalue weighted by atomic mass is 10.5. The molecular weight excluding hydrogens is 246 g/mol. The topological polar surface area (TPSA) is 66.4 Å². The quantitative estimate of drug-likeness (QED) is 0.462. The smallest absolute Gasteiger partial charge is 0.212 e. The molecule has 0 atom stereocenters. The van der Waals surface area contributed by atoms with Crippen molar-refractivity contribution in [2.45, 2.75) is 6.42 Å². The van der Waals surface area contributed by atoms with Gasteiger partial charge in [-0.25, -0.2) is 13.1 Å². The first kappa shape index (κ1) is 14.5. The van der Waals surface area contributed by atoms with Crippen LogP contribution in [0.5, 0.6) is 0 Å². The fourth-order valence-electron chi connectivity index (χ4n) is 0.712. The molecule has 0 aliphatic heterocycles. The molecule has 0 rings (SSSR count). The summed E-state index contributed by atoms with van der Waals surface area (Å²) in [5.74, 6) is 1.66. The molecule has 0 aliphatic rings. The second-order valence-electron chi connectivity index (χ2n) is 2.59. The Bertz CT molecular complexity index is 221. The van der Waals surface area contributed by atoms with Crippen molar-refractivity contribution in [1.82, 2.24) is 4.72 Å². The Labute approximate surface area is 94.5 Å². The van der Waals surface area contributed by atoms with Crippen LogP contribution < -0.4 is 4.72 Å². The highest BCUT2D eigenvalue weighted by Crippen LogP contribution is 2.00. The third kappa shape index (κ3) is 9.08. The molecular formula is C7H16ClNO3S2. The fourth-order valence-corrected chi connectivity index (χ4v) is 2.99. The van der Waals surface area contributed by atoms with Crippen LogP contribution in [0.4, 0.5) is 0 Å². The molecule has 0 radical (unpaired) electrons. The van der Waals surface area contributed by atoms with Crippen LogP contribution in [-0.2, 0) is 10.0 Å². The lowest BCUT2D eigenvalue weighted by Gasteiger charge is -2.04. The van der Waals surface area contributed by atoms with Gasteiger partial charge in [0, 0.05) is 24.8 Å². The minimum absolute atomic E-state index is 0.0319. The number of sulfonamides is 1. The average Bonchev–Trinajstić information content (AvgIpc) is 2.11. The Balaban J connectivity index is 3.35. The Morgan fingerprint density at radius 1 is 1.36 bits per heavy atom. The number of rotatable bonds is 9. The van der Waals surface area contributed by atoms with Gasteiger partial charge in [0.25, 0.3) is 0 Å². The van der Waals surface area contributed by atoms with Gasteiger partial charge in [0.05, 0.1) is 5.75 Å². The van der Waals surface area contributed by atoms with Gasteiger partial charge in [-0.3, -0.25) is 0 Å². The van der Waals surface area contributed by atoms with E-state index in [-0.39, 0.29) is 18.2 Å². The minimum atomic E-state index is -3.17. The maximum absolute atomic E-state index is 11.1. The van der Waals surface area contributed by atoms with Crippen LogP contribution in [0, 0.1) is 0 Å².